The number of carbonyl (C=O) groups is 4. The molecule has 27 nitrogen and oxygen atoms in total. The SMILES string of the molecule is CC(C)(COP(=O)(O)OP(=O)(O)OC[C@H]1O[C@@H](n2cnc3c(N)ncnc32)[C@H](O)[C@@H]1OP(=O)(O)O)C(O)C(=O)NCCC(=O)NCCSC(=O)C(O)CC(=O)CCN. The number of anilines is 1. The highest BCUT2D eigenvalue weighted by Crippen LogP contribution is 2.61. The zero-order valence-electron chi connectivity index (χ0n) is 30.7. The standard InChI is InChI=1S/C27H45N8O19P3S/c1-27(2,21(40)24(41)31-6-4-17(38)30-7-8-58-26(42)15(37)9-14(36)3-5-28)11-51-57(48,49)54-56(46,47)50-10-16-20(53-55(43,44)45)19(39)25(52-16)35-13-34-18-22(29)32-12-33-23(18)35/h12-13,15-16,19-21,25,37,39-40H,3-11,28H2,1-2H3,(H,30,38)(H,31,41)(H,46,47)(H,48,49)(H2,29,32,33)(H2,43,44,45)/t15?,16-,19-,20-,21?,25-/m1/s1. The van der Waals surface area contributed by atoms with Gasteiger partial charge in [-0.15, -0.1) is 0 Å². The molecular weight excluding hydrogens is 865 g/mol. The van der Waals surface area contributed by atoms with Gasteiger partial charge < -0.3 is 61.7 Å². The van der Waals surface area contributed by atoms with E-state index in [1.807, 2.05) is 0 Å². The number of Topliss-reactive ketones (excluding diaryl/α,β-unsaturated/α-hetero) is 1. The first kappa shape index (κ1) is 49.5. The van der Waals surface area contributed by atoms with Crippen LogP contribution >= 0.6 is 35.2 Å². The number of nitrogens with zero attached hydrogens (tertiary/aromatic N) is 4. The van der Waals surface area contributed by atoms with Crippen LogP contribution in [-0.2, 0) is 55.5 Å². The molecule has 1 fully saturated rings. The first-order valence-corrected chi connectivity index (χ1v) is 22.3. The predicted molar refractivity (Wildman–Crippen MR) is 196 cm³/mol. The Kier molecular flexibility index (Phi) is 18.0. The highest BCUT2D eigenvalue weighted by molar-refractivity contribution is 8.13. The normalized spacial score (nSPS) is 21.8. The Balaban J connectivity index is 1.46. The zero-order valence-corrected chi connectivity index (χ0v) is 34.2. The van der Waals surface area contributed by atoms with Crippen LogP contribution in [-0.4, -0.2) is 146 Å². The molecule has 58 heavy (non-hydrogen) atoms. The summed E-state index contributed by atoms with van der Waals surface area (Å²) in [5.74, 6) is -1.93. The Morgan fingerprint density at radius 3 is 2.34 bits per heavy atom. The number of ether oxygens (including phenoxy) is 1. The molecule has 13 N–H and O–H groups in total. The number of aliphatic hydroxyl groups is 3. The van der Waals surface area contributed by atoms with E-state index < -0.39 is 95.8 Å². The minimum absolute atomic E-state index is 0.00852. The smallest absolute Gasteiger partial charge is 0.386 e. The molecular formula is C27H45N8O19P3S. The van der Waals surface area contributed by atoms with E-state index in [2.05, 4.69) is 34.4 Å². The number of phosphoric ester groups is 3. The van der Waals surface area contributed by atoms with Crippen molar-refractivity contribution < 1.29 is 90.4 Å². The second-order valence-electron chi connectivity index (χ2n) is 13.0. The number of nitrogens with one attached hydrogen (secondary N) is 2. The molecule has 3 heterocycles. The molecule has 1 saturated heterocycles. The molecule has 2 amide bonds. The molecule has 0 bridgehead atoms. The van der Waals surface area contributed by atoms with Crippen molar-refractivity contribution >= 4 is 74.9 Å². The third kappa shape index (κ3) is 15.0. The van der Waals surface area contributed by atoms with Gasteiger partial charge in [0.25, 0.3) is 0 Å². The second-order valence-corrected chi connectivity index (χ2v) is 18.4. The van der Waals surface area contributed by atoms with Gasteiger partial charge >= 0.3 is 23.5 Å². The number of amides is 2. The summed E-state index contributed by atoms with van der Waals surface area (Å²) < 4.78 is 62.0. The Hall–Kier alpha value is -2.85. The van der Waals surface area contributed by atoms with Crippen molar-refractivity contribution in [3.8, 4) is 0 Å². The first-order chi connectivity index (χ1) is 26.9. The summed E-state index contributed by atoms with van der Waals surface area (Å²) in [5.41, 5.74) is 9.44. The fourth-order valence-electron chi connectivity index (χ4n) is 4.94. The number of rotatable bonds is 24. The topological polar surface area (TPSA) is 427 Å². The second kappa shape index (κ2) is 21.1. The fraction of sp³-hybridized carbons (Fsp3) is 0.667. The van der Waals surface area contributed by atoms with E-state index in [0.29, 0.717) is 11.8 Å². The molecule has 0 aromatic carbocycles. The molecule has 1 aliphatic heterocycles. The highest BCUT2D eigenvalue weighted by Gasteiger charge is 2.50. The summed E-state index contributed by atoms with van der Waals surface area (Å²) in [6.07, 6.45) is -9.00. The lowest BCUT2D eigenvalue weighted by Crippen LogP contribution is -2.46. The maximum absolute atomic E-state index is 12.7. The van der Waals surface area contributed by atoms with Crippen LogP contribution < -0.4 is 22.1 Å². The van der Waals surface area contributed by atoms with Crippen LogP contribution in [0.3, 0.4) is 0 Å². The van der Waals surface area contributed by atoms with Crippen LogP contribution in [0.4, 0.5) is 5.82 Å². The molecule has 31 heteroatoms. The van der Waals surface area contributed by atoms with E-state index in [-0.39, 0.29) is 67.4 Å². The number of ketones is 1. The van der Waals surface area contributed by atoms with Crippen molar-refractivity contribution in [2.75, 3.05) is 44.3 Å². The number of fused-ring (bicyclic) bond motifs is 1. The summed E-state index contributed by atoms with van der Waals surface area (Å²) in [6, 6.07) is 0. The number of hydrogen-bond donors (Lipinski definition) is 11. The number of imidazole rings is 1. The lowest BCUT2D eigenvalue weighted by Gasteiger charge is -2.30. The highest BCUT2D eigenvalue weighted by atomic mass is 32.2. The third-order valence-corrected chi connectivity index (χ3v) is 11.9. The van der Waals surface area contributed by atoms with E-state index in [9.17, 15) is 67.8 Å². The Bertz CT molecular complexity index is 1920. The molecule has 3 rings (SSSR count). The summed E-state index contributed by atoms with van der Waals surface area (Å²) >= 11 is 0.705. The fourth-order valence-corrected chi connectivity index (χ4v) is 8.45. The predicted octanol–water partition coefficient (Wildman–Crippen LogP) is -2.67. The van der Waals surface area contributed by atoms with Gasteiger partial charge in [0, 0.05) is 43.5 Å². The van der Waals surface area contributed by atoms with Crippen molar-refractivity contribution in [2.24, 2.45) is 11.1 Å². The number of aromatic nitrogens is 4. The van der Waals surface area contributed by atoms with Crippen molar-refractivity contribution in [1.82, 2.24) is 30.2 Å². The third-order valence-electron chi connectivity index (χ3n) is 7.86. The van der Waals surface area contributed by atoms with Crippen molar-refractivity contribution in [1.29, 1.82) is 0 Å². The average Bonchev–Trinajstić information content (AvgIpc) is 3.68. The summed E-state index contributed by atoms with van der Waals surface area (Å²) in [4.78, 5) is 99.0. The van der Waals surface area contributed by atoms with Crippen LogP contribution in [0.15, 0.2) is 12.7 Å². The van der Waals surface area contributed by atoms with Gasteiger partial charge in [-0.1, -0.05) is 25.6 Å². The lowest BCUT2D eigenvalue weighted by atomic mass is 9.87. The summed E-state index contributed by atoms with van der Waals surface area (Å²) in [5, 5.41) is 35.3. The molecule has 2 aromatic rings. The monoisotopic (exact) mass is 910 g/mol. The van der Waals surface area contributed by atoms with Crippen molar-refractivity contribution in [2.45, 2.75) is 69.9 Å². The summed E-state index contributed by atoms with van der Waals surface area (Å²) in [7, 11) is -16.5. The molecule has 0 aliphatic carbocycles. The van der Waals surface area contributed by atoms with Crippen LogP contribution in [0.1, 0.15) is 39.3 Å². The first-order valence-electron chi connectivity index (χ1n) is 16.8. The maximum Gasteiger partial charge on any atom is 0.481 e. The van der Waals surface area contributed by atoms with Gasteiger partial charge in [0.2, 0.25) is 16.9 Å². The van der Waals surface area contributed by atoms with Gasteiger partial charge in [-0.2, -0.15) is 4.31 Å². The van der Waals surface area contributed by atoms with E-state index >= 15 is 0 Å². The van der Waals surface area contributed by atoms with Crippen LogP contribution in [0, 0.1) is 5.41 Å². The molecule has 2 aromatic heterocycles. The Morgan fingerprint density at radius 2 is 1.69 bits per heavy atom. The van der Waals surface area contributed by atoms with Crippen LogP contribution in [0.25, 0.3) is 11.2 Å². The van der Waals surface area contributed by atoms with E-state index in [0.717, 1.165) is 17.2 Å². The number of aliphatic hydroxyl groups excluding tert-OH is 3. The number of carbonyl (C=O) groups excluding carboxylic acids is 4. The quantitative estimate of drug-likeness (QED) is 0.0378. The van der Waals surface area contributed by atoms with Gasteiger partial charge in [-0.3, -0.25) is 37.3 Å². The van der Waals surface area contributed by atoms with Gasteiger partial charge in [-0.05, 0) is 6.54 Å². The van der Waals surface area contributed by atoms with Gasteiger partial charge in [0.05, 0.1) is 19.5 Å². The Labute approximate surface area is 333 Å². The van der Waals surface area contributed by atoms with Crippen molar-refractivity contribution in [3.05, 3.63) is 12.7 Å². The number of hydrogen-bond acceptors (Lipinski definition) is 21. The maximum atomic E-state index is 12.7. The van der Waals surface area contributed by atoms with Gasteiger partial charge in [0.15, 0.2) is 17.7 Å². The largest absolute Gasteiger partial charge is 0.481 e. The van der Waals surface area contributed by atoms with Crippen LogP contribution in [0.2, 0.25) is 0 Å². The lowest BCUT2D eigenvalue weighted by molar-refractivity contribution is -0.137. The molecule has 4 unspecified atom stereocenters. The summed E-state index contributed by atoms with van der Waals surface area (Å²) in [6.45, 7) is 0.177. The number of nitrogen functional groups attached to an aromatic ring is 1. The molecule has 0 spiro atoms. The minimum Gasteiger partial charge on any atom is -0.386 e. The number of phosphoric acid groups is 3. The Morgan fingerprint density at radius 1 is 1.02 bits per heavy atom. The van der Waals surface area contributed by atoms with Gasteiger partial charge in [-0.25, -0.2) is 28.6 Å². The van der Waals surface area contributed by atoms with E-state index in [1.54, 1.807) is 0 Å². The molecule has 0 radical (unpaired) electrons. The zero-order chi connectivity index (χ0) is 43.6. The van der Waals surface area contributed by atoms with E-state index in [4.69, 9.17) is 25.3 Å². The molecule has 0 saturated carbocycles. The number of nitrogens with two attached hydrogens (primary N) is 2. The molecule has 328 valence electrons. The van der Waals surface area contributed by atoms with Gasteiger partial charge in [0.1, 0.15) is 48.1 Å². The van der Waals surface area contributed by atoms with Crippen molar-refractivity contribution in [3.63, 3.8) is 0 Å². The van der Waals surface area contributed by atoms with Crippen LogP contribution in [0.5, 0.6) is 0 Å². The number of thioether (sulfide) groups is 1. The minimum atomic E-state index is -5.60. The van der Waals surface area contributed by atoms with E-state index in [1.165, 1.54) is 13.8 Å². The molecule has 1 aliphatic rings. The average molecular weight is 911 g/mol. The molecule has 8 atom stereocenters.